The summed E-state index contributed by atoms with van der Waals surface area (Å²) in [6.45, 7) is 0.609. The molecule has 90 valence electrons. The van der Waals surface area contributed by atoms with Gasteiger partial charge >= 0.3 is 0 Å². The van der Waals surface area contributed by atoms with E-state index in [0.717, 1.165) is 6.07 Å². The Morgan fingerprint density at radius 2 is 2.29 bits per heavy atom. The predicted molar refractivity (Wildman–Crippen MR) is 58.5 cm³/mol. The second-order valence-corrected chi connectivity index (χ2v) is 3.96. The molecule has 4 nitrogen and oxygen atoms in total. The zero-order valence-corrected chi connectivity index (χ0v) is 9.35. The first kappa shape index (κ1) is 11.6. The Balaban J connectivity index is 2.14. The summed E-state index contributed by atoms with van der Waals surface area (Å²) in [6.07, 6.45) is 0.475. The molecule has 1 aromatic rings. The van der Waals surface area contributed by atoms with Crippen LogP contribution >= 0.6 is 0 Å². The Kier molecular flexibility index (Phi) is 3.08. The second-order valence-electron chi connectivity index (χ2n) is 3.96. The minimum Gasteiger partial charge on any atom is -0.477 e. The highest BCUT2D eigenvalue weighted by molar-refractivity contribution is 5.83. The number of ether oxygens (including phenoxy) is 1. The van der Waals surface area contributed by atoms with E-state index in [1.165, 1.54) is 12.1 Å². The van der Waals surface area contributed by atoms with E-state index in [-0.39, 0.29) is 17.2 Å². The lowest BCUT2D eigenvalue weighted by molar-refractivity contribution is -0.132. The normalized spacial score (nSPS) is 19.5. The molecule has 2 rings (SSSR count). The van der Waals surface area contributed by atoms with Crippen molar-refractivity contribution in [2.45, 2.75) is 12.5 Å². The number of halogens is 1. The Morgan fingerprint density at radius 3 is 2.82 bits per heavy atom. The first-order chi connectivity index (χ1) is 8.11. The van der Waals surface area contributed by atoms with Crippen LogP contribution in [0.4, 0.5) is 4.39 Å². The number of likely N-dealkylation sites (N-methyl/N-ethyl adjacent to an activating group) is 1. The molecule has 0 spiro atoms. The number of amides is 1. The molecule has 0 N–H and O–H groups in total. The van der Waals surface area contributed by atoms with Gasteiger partial charge in [-0.1, -0.05) is 0 Å². The Labute approximate surface area is 98.0 Å². The quantitative estimate of drug-likeness (QED) is 0.743. The van der Waals surface area contributed by atoms with Crippen LogP contribution in [-0.2, 0) is 4.79 Å². The molecular formula is C12H12FNO3. The zero-order valence-electron chi connectivity index (χ0n) is 9.35. The summed E-state index contributed by atoms with van der Waals surface area (Å²) in [7, 11) is 1.68. The van der Waals surface area contributed by atoms with E-state index in [0.29, 0.717) is 19.3 Å². The van der Waals surface area contributed by atoms with Crippen molar-refractivity contribution in [1.82, 2.24) is 4.90 Å². The summed E-state index contributed by atoms with van der Waals surface area (Å²) in [6, 6.07) is 3.91. The minimum atomic E-state index is -0.628. The molecule has 0 aliphatic carbocycles. The SMILES string of the molecule is CN1CCC(Oc2ccc(C=O)cc2F)C1=O. The highest BCUT2D eigenvalue weighted by Crippen LogP contribution is 2.22. The van der Waals surface area contributed by atoms with Crippen molar-refractivity contribution in [1.29, 1.82) is 0 Å². The van der Waals surface area contributed by atoms with Crippen molar-refractivity contribution in [3.8, 4) is 5.75 Å². The van der Waals surface area contributed by atoms with Gasteiger partial charge in [0.1, 0.15) is 6.29 Å². The van der Waals surface area contributed by atoms with E-state index >= 15 is 0 Å². The molecule has 1 amide bonds. The van der Waals surface area contributed by atoms with Crippen molar-refractivity contribution >= 4 is 12.2 Å². The average molecular weight is 237 g/mol. The molecule has 17 heavy (non-hydrogen) atoms. The van der Waals surface area contributed by atoms with Crippen molar-refractivity contribution < 1.29 is 18.7 Å². The molecule has 0 bridgehead atoms. The number of hydrogen-bond acceptors (Lipinski definition) is 3. The first-order valence-corrected chi connectivity index (χ1v) is 5.28. The summed E-state index contributed by atoms with van der Waals surface area (Å²) in [5, 5.41) is 0. The van der Waals surface area contributed by atoms with Crippen LogP contribution in [0.1, 0.15) is 16.8 Å². The number of carbonyl (C=O) groups excluding carboxylic acids is 2. The van der Waals surface area contributed by atoms with Crippen molar-refractivity contribution in [2.24, 2.45) is 0 Å². The van der Waals surface area contributed by atoms with E-state index in [1.54, 1.807) is 11.9 Å². The van der Waals surface area contributed by atoms with Crippen molar-refractivity contribution in [2.75, 3.05) is 13.6 Å². The maximum absolute atomic E-state index is 13.5. The van der Waals surface area contributed by atoms with Crippen LogP contribution in [0.15, 0.2) is 18.2 Å². The summed E-state index contributed by atoms with van der Waals surface area (Å²) < 4.78 is 18.8. The Morgan fingerprint density at radius 1 is 1.53 bits per heavy atom. The standard InChI is InChI=1S/C12H12FNO3/c1-14-5-4-11(12(14)16)17-10-3-2-8(7-15)6-9(10)13/h2-3,6-7,11H,4-5H2,1H3. The number of nitrogens with zero attached hydrogens (tertiary/aromatic N) is 1. The van der Waals surface area contributed by atoms with Crippen LogP contribution in [0.25, 0.3) is 0 Å². The van der Waals surface area contributed by atoms with Crippen LogP contribution in [-0.4, -0.2) is 36.8 Å². The van der Waals surface area contributed by atoms with Crippen molar-refractivity contribution in [3.05, 3.63) is 29.6 Å². The number of likely N-dealkylation sites (tertiary alicyclic amines) is 1. The lowest BCUT2D eigenvalue weighted by Gasteiger charge is -2.13. The third-order valence-corrected chi connectivity index (χ3v) is 2.74. The molecule has 1 atom stereocenters. The molecule has 1 heterocycles. The molecule has 5 heteroatoms. The Bertz CT molecular complexity index is 461. The first-order valence-electron chi connectivity index (χ1n) is 5.28. The van der Waals surface area contributed by atoms with Gasteiger partial charge in [-0.15, -0.1) is 0 Å². The highest BCUT2D eigenvalue weighted by Gasteiger charge is 2.31. The summed E-state index contributed by atoms with van der Waals surface area (Å²) in [4.78, 5) is 23.6. The van der Waals surface area contributed by atoms with Crippen LogP contribution in [0.5, 0.6) is 5.75 Å². The van der Waals surface area contributed by atoms with E-state index in [9.17, 15) is 14.0 Å². The van der Waals surface area contributed by atoms with Gasteiger partial charge in [-0.2, -0.15) is 0 Å². The fourth-order valence-electron chi connectivity index (χ4n) is 1.74. The highest BCUT2D eigenvalue weighted by atomic mass is 19.1. The fraction of sp³-hybridized carbons (Fsp3) is 0.333. The van der Waals surface area contributed by atoms with Gasteiger partial charge in [-0.25, -0.2) is 4.39 Å². The monoisotopic (exact) mass is 237 g/mol. The molecule has 1 aliphatic rings. The number of benzene rings is 1. The minimum absolute atomic E-state index is 0.00394. The van der Waals surface area contributed by atoms with Crippen LogP contribution in [0.3, 0.4) is 0 Å². The van der Waals surface area contributed by atoms with Gasteiger partial charge in [0.25, 0.3) is 5.91 Å². The number of hydrogen-bond donors (Lipinski definition) is 0. The van der Waals surface area contributed by atoms with E-state index < -0.39 is 11.9 Å². The van der Waals surface area contributed by atoms with Gasteiger partial charge in [-0.3, -0.25) is 9.59 Å². The fourth-order valence-corrected chi connectivity index (χ4v) is 1.74. The molecule has 1 fully saturated rings. The smallest absolute Gasteiger partial charge is 0.263 e. The van der Waals surface area contributed by atoms with E-state index in [1.807, 2.05) is 0 Å². The summed E-state index contributed by atoms with van der Waals surface area (Å²) in [5.41, 5.74) is 0.240. The summed E-state index contributed by atoms with van der Waals surface area (Å²) in [5.74, 6) is -0.773. The topological polar surface area (TPSA) is 46.6 Å². The molecule has 1 saturated heterocycles. The van der Waals surface area contributed by atoms with Crippen LogP contribution in [0.2, 0.25) is 0 Å². The maximum Gasteiger partial charge on any atom is 0.263 e. The van der Waals surface area contributed by atoms with Crippen LogP contribution in [0, 0.1) is 5.82 Å². The Hall–Kier alpha value is -1.91. The van der Waals surface area contributed by atoms with E-state index in [4.69, 9.17) is 4.74 Å². The zero-order chi connectivity index (χ0) is 12.4. The summed E-state index contributed by atoms with van der Waals surface area (Å²) >= 11 is 0. The maximum atomic E-state index is 13.5. The van der Waals surface area contributed by atoms with Crippen molar-refractivity contribution in [3.63, 3.8) is 0 Å². The lowest BCUT2D eigenvalue weighted by atomic mass is 10.2. The molecule has 0 aromatic heterocycles. The number of aldehydes is 1. The van der Waals surface area contributed by atoms with E-state index in [2.05, 4.69) is 0 Å². The molecular weight excluding hydrogens is 225 g/mol. The van der Waals surface area contributed by atoms with Gasteiger partial charge in [0, 0.05) is 25.6 Å². The molecule has 1 aromatic carbocycles. The molecule has 0 radical (unpaired) electrons. The largest absolute Gasteiger partial charge is 0.477 e. The van der Waals surface area contributed by atoms with Gasteiger partial charge in [-0.05, 0) is 18.2 Å². The average Bonchev–Trinajstić information content (AvgIpc) is 2.63. The third-order valence-electron chi connectivity index (χ3n) is 2.74. The van der Waals surface area contributed by atoms with Gasteiger partial charge in [0.15, 0.2) is 17.7 Å². The second kappa shape index (κ2) is 4.53. The number of carbonyl (C=O) groups is 2. The molecule has 1 unspecified atom stereocenters. The van der Waals surface area contributed by atoms with Gasteiger partial charge in [0.05, 0.1) is 0 Å². The van der Waals surface area contributed by atoms with Gasteiger partial charge in [0.2, 0.25) is 0 Å². The van der Waals surface area contributed by atoms with Crippen LogP contribution < -0.4 is 4.74 Å². The van der Waals surface area contributed by atoms with Gasteiger partial charge < -0.3 is 9.64 Å². The lowest BCUT2D eigenvalue weighted by Crippen LogP contribution is -2.29. The third kappa shape index (κ3) is 2.27. The number of rotatable bonds is 3. The predicted octanol–water partition coefficient (Wildman–Crippen LogP) is 1.25. The molecule has 1 aliphatic heterocycles. The molecule has 0 saturated carbocycles.